The molecule has 0 amide bonds. The van der Waals surface area contributed by atoms with E-state index in [-0.39, 0.29) is 0 Å². The molecule has 1 N–H and O–H groups in total. The summed E-state index contributed by atoms with van der Waals surface area (Å²) in [5.41, 5.74) is 3.38. The second-order valence-corrected chi connectivity index (χ2v) is 12.2. The third kappa shape index (κ3) is 3.55. The van der Waals surface area contributed by atoms with Gasteiger partial charge >= 0.3 is 0 Å². The molecule has 0 aromatic heterocycles. The maximum Gasteiger partial charge on any atom is 0.103 e. The van der Waals surface area contributed by atoms with E-state index in [0.29, 0.717) is 5.02 Å². The summed E-state index contributed by atoms with van der Waals surface area (Å²) in [6, 6.07) is 33.5. The molecule has 5 aromatic rings. The molecule has 0 saturated heterocycles. The zero-order valence-electron chi connectivity index (χ0n) is 18.0. The number of hydrogen-bond acceptors (Lipinski definition) is 3. The van der Waals surface area contributed by atoms with Crippen molar-refractivity contribution in [1.29, 1.82) is 0 Å². The van der Waals surface area contributed by atoms with Gasteiger partial charge in [0.25, 0.3) is 0 Å². The Morgan fingerprint density at radius 3 is 1.67 bits per heavy atom. The summed E-state index contributed by atoms with van der Waals surface area (Å²) in [4.78, 5) is 2.37. The highest BCUT2D eigenvalue weighted by Gasteiger charge is 2.40. The van der Waals surface area contributed by atoms with Crippen LogP contribution >= 0.6 is 35.1 Å². The SMILES string of the molecule is CC1([C@@H](O)c2ccc(Cl)cc2)Sc2ccc3ccccc3c2-c2c(ccc3ccccc23)S1. The average molecular weight is 485 g/mol. The highest BCUT2D eigenvalue weighted by Crippen LogP contribution is 2.60. The van der Waals surface area contributed by atoms with Crippen molar-refractivity contribution >= 4 is 56.7 Å². The van der Waals surface area contributed by atoms with Crippen LogP contribution in [-0.2, 0) is 0 Å². The third-order valence-electron chi connectivity index (χ3n) is 6.34. The molecule has 1 aliphatic heterocycles. The monoisotopic (exact) mass is 484 g/mol. The van der Waals surface area contributed by atoms with Crippen molar-refractivity contribution in [2.45, 2.75) is 26.9 Å². The standard InChI is InChI=1S/C29H21ClOS2/c1-29(28(31)20-10-14-21(30)15-11-20)32-24-16-12-18-6-2-4-8-22(18)26(24)27-23-9-5-3-7-19(23)13-17-25(27)33-29/h2-17,28,31H,1H3/t28-/m0/s1. The van der Waals surface area contributed by atoms with E-state index in [1.54, 1.807) is 23.5 Å². The predicted molar refractivity (Wildman–Crippen MR) is 143 cm³/mol. The highest BCUT2D eigenvalue weighted by molar-refractivity contribution is 8.18. The predicted octanol–water partition coefficient (Wildman–Crippen LogP) is 8.96. The van der Waals surface area contributed by atoms with Crippen molar-refractivity contribution in [3.05, 3.63) is 108 Å². The summed E-state index contributed by atoms with van der Waals surface area (Å²) in [7, 11) is 0. The van der Waals surface area contributed by atoms with E-state index in [1.165, 1.54) is 42.5 Å². The lowest BCUT2D eigenvalue weighted by atomic mass is 9.94. The van der Waals surface area contributed by atoms with Crippen molar-refractivity contribution in [1.82, 2.24) is 0 Å². The lowest BCUT2D eigenvalue weighted by Crippen LogP contribution is -2.25. The molecule has 0 saturated carbocycles. The summed E-state index contributed by atoms with van der Waals surface area (Å²) in [5, 5.41) is 17.2. The van der Waals surface area contributed by atoms with Crippen molar-refractivity contribution in [3.8, 4) is 11.1 Å². The van der Waals surface area contributed by atoms with E-state index >= 15 is 0 Å². The Kier molecular flexibility index (Phi) is 5.19. The molecule has 4 heteroatoms. The number of benzene rings is 5. The topological polar surface area (TPSA) is 20.2 Å². The summed E-state index contributed by atoms with van der Waals surface area (Å²) < 4.78 is -0.529. The van der Waals surface area contributed by atoms with E-state index in [9.17, 15) is 5.11 Å². The highest BCUT2D eigenvalue weighted by atomic mass is 35.5. The second kappa shape index (κ2) is 8.11. The van der Waals surface area contributed by atoms with Crippen LogP contribution in [0.2, 0.25) is 5.02 Å². The second-order valence-electron chi connectivity index (χ2n) is 8.49. The molecule has 6 rings (SSSR count). The zero-order valence-corrected chi connectivity index (χ0v) is 20.3. The Morgan fingerprint density at radius 1 is 0.667 bits per heavy atom. The fourth-order valence-corrected chi connectivity index (χ4v) is 7.81. The van der Waals surface area contributed by atoms with Crippen molar-refractivity contribution < 1.29 is 5.11 Å². The molecule has 162 valence electrons. The molecule has 0 aliphatic carbocycles. The summed E-state index contributed by atoms with van der Waals surface area (Å²) in [6.45, 7) is 2.14. The normalized spacial score (nSPS) is 15.6. The number of halogens is 1. The van der Waals surface area contributed by atoms with E-state index in [1.807, 2.05) is 24.3 Å². The van der Waals surface area contributed by atoms with E-state index in [2.05, 4.69) is 79.7 Å². The molecule has 0 radical (unpaired) electrons. The van der Waals surface area contributed by atoms with Crippen molar-refractivity contribution in [2.24, 2.45) is 0 Å². The average Bonchev–Trinajstić information content (AvgIpc) is 2.98. The number of thioether (sulfide) groups is 2. The number of aliphatic hydroxyl groups excluding tert-OH is 1. The molecular weight excluding hydrogens is 464 g/mol. The Hall–Kier alpha value is -2.43. The first kappa shape index (κ1) is 21.1. The molecule has 1 heterocycles. The van der Waals surface area contributed by atoms with Crippen molar-refractivity contribution in [2.75, 3.05) is 0 Å². The smallest absolute Gasteiger partial charge is 0.103 e. The fraction of sp³-hybridized carbons (Fsp3) is 0.103. The summed E-state index contributed by atoms with van der Waals surface area (Å²) >= 11 is 9.61. The van der Waals surface area contributed by atoms with Gasteiger partial charge in [0, 0.05) is 25.9 Å². The van der Waals surface area contributed by atoms with Crippen LogP contribution in [0.1, 0.15) is 18.6 Å². The minimum atomic E-state index is -0.679. The first-order valence-electron chi connectivity index (χ1n) is 10.9. The fourth-order valence-electron chi connectivity index (χ4n) is 4.71. The van der Waals surface area contributed by atoms with Crippen molar-refractivity contribution in [3.63, 3.8) is 0 Å². The molecule has 0 bridgehead atoms. The van der Waals surface area contributed by atoms with Crippen LogP contribution in [-0.4, -0.2) is 9.19 Å². The first-order chi connectivity index (χ1) is 16.0. The number of rotatable bonds is 2. The van der Waals surface area contributed by atoms with E-state index < -0.39 is 10.2 Å². The Morgan fingerprint density at radius 2 is 1.15 bits per heavy atom. The molecule has 5 aromatic carbocycles. The number of hydrogen-bond donors (Lipinski definition) is 1. The Balaban J connectivity index is 1.64. The molecule has 1 atom stereocenters. The minimum absolute atomic E-state index is 0.529. The van der Waals surface area contributed by atoms with Crippen LogP contribution in [0.15, 0.2) is 107 Å². The maximum atomic E-state index is 11.6. The zero-order chi connectivity index (χ0) is 22.6. The van der Waals surface area contributed by atoms with E-state index in [4.69, 9.17) is 11.6 Å². The maximum absolute atomic E-state index is 11.6. The van der Waals surface area contributed by atoms with Gasteiger partial charge in [-0.15, -0.1) is 23.5 Å². The lowest BCUT2D eigenvalue weighted by molar-refractivity contribution is 0.169. The quantitative estimate of drug-likeness (QED) is 0.270. The van der Waals surface area contributed by atoms with Gasteiger partial charge in [0.2, 0.25) is 0 Å². The molecular formula is C29H21ClOS2. The van der Waals surface area contributed by atoms with Gasteiger partial charge in [-0.2, -0.15) is 0 Å². The molecule has 1 aliphatic rings. The number of fused-ring (bicyclic) bond motifs is 7. The molecule has 0 fully saturated rings. The number of aliphatic hydroxyl groups is 1. The van der Waals surface area contributed by atoms with E-state index in [0.717, 1.165) is 5.56 Å². The van der Waals surface area contributed by atoms with Crippen LogP contribution in [0.5, 0.6) is 0 Å². The van der Waals surface area contributed by atoms with Gasteiger partial charge in [-0.25, -0.2) is 0 Å². The first-order valence-corrected chi connectivity index (χ1v) is 12.9. The lowest BCUT2D eigenvalue weighted by Gasteiger charge is -2.33. The van der Waals surface area contributed by atoms with Crippen LogP contribution < -0.4 is 0 Å². The van der Waals surface area contributed by atoms with Gasteiger partial charge in [0.05, 0.1) is 4.08 Å². The van der Waals surface area contributed by atoms with Gasteiger partial charge in [0.1, 0.15) is 6.10 Å². The summed E-state index contributed by atoms with van der Waals surface area (Å²) in [5.74, 6) is 0. The molecule has 0 spiro atoms. The van der Waals surface area contributed by atoms with Gasteiger partial charge in [-0.3, -0.25) is 0 Å². The van der Waals surface area contributed by atoms with Crippen LogP contribution in [0.3, 0.4) is 0 Å². The van der Waals surface area contributed by atoms with Crippen LogP contribution in [0.4, 0.5) is 0 Å². The molecule has 33 heavy (non-hydrogen) atoms. The van der Waals surface area contributed by atoms with Crippen LogP contribution in [0.25, 0.3) is 32.7 Å². The Bertz CT molecular complexity index is 1420. The van der Waals surface area contributed by atoms with Gasteiger partial charge in [-0.1, -0.05) is 84.4 Å². The van der Waals surface area contributed by atoms with Gasteiger partial charge in [0.15, 0.2) is 0 Å². The summed E-state index contributed by atoms with van der Waals surface area (Å²) in [6.07, 6.45) is -0.679. The van der Waals surface area contributed by atoms with Gasteiger partial charge in [-0.05, 0) is 58.3 Å². The van der Waals surface area contributed by atoms with Crippen LogP contribution in [0, 0.1) is 0 Å². The largest absolute Gasteiger partial charge is 0.386 e. The molecule has 0 unspecified atom stereocenters. The third-order valence-corrected chi connectivity index (χ3v) is 9.47. The van der Waals surface area contributed by atoms with Gasteiger partial charge < -0.3 is 5.11 Å². The molecule has 1 nitrogen and oxygen atoms in total. The minimum Gasteiger partial charge on any atom is -0.386 e. The Labute approximate surface area is 206 Å².